The summed E-state index contributed by atoms with van der Waals surface area (Å²) in [5.74, 6) is 0.825. The Morgan fingerprint density at radius 3 is 2.35 bits per heavy atom. The lowest BCUT2D eigenvalue weighted by atomic mass is 9.52. The van der Waals surface area contributed by atoms with Crippen molar-refractivity contribution >= 4 is 5.97 Å². The van der Waals surface area contributed by atoms with Gasteiger partial charge in [0.15, 0.2) is 0 Å². The van der Waals surface area contributed by atoms with Gasteiger partial charge in [0.2, 0.25) is 0 Å². The fraction of sp³-hybridized carbons (Fsp3) is 0.588. The summed E-state index contributed by atoms with van der Waals surface area (Å²) in [6.07, 6.45) is 5.50. The fourth-order valence-electron chi connectivity index (χ4n) is 5.08. The number of ether oxygens (including phenoxy) is 1. The number of benzene rings is 1. The zero-order valence-electron chi connectivity index (χ0n) is 11.5. The predicted octanol–water partition coefficient (Wildman–Crippen LogP) is 2.93. The molecular formula is C17H20O3. The summed E-state index contributed by atoms with van der Waals surface area (Å²) in [5, 5.41) is 10.7. The first-order valence-corrected chi connectivity index (χ1v) is 7.57. The molecule has 0 aromatic heterocycles. The number of esters is 1. The summed E-state index contributed by atoms with van der Waals surface area (Å²) in [4.78, 5) is 12.3. The van der Waals surface area contributed by atoms with E-state index in [0.29, 0.717) is 23.8 Å². The average molecular weight is 272 g/mol. The molecule has 2 atom stereocenters. The third-order valence-corrected chi connectivity index (χ3v) is 5.30. The van der Waals surface area contributed by atoms with E-state index in [1.54, 1.807) is 12.1 Å². The molecular weight excluding hydrogens is 252 g/mol. The minimum atomic E-state index is -0.582. The second kappa shape index (κ2) is 4.08. The molecule has 4 aliphatic rings. The maximum absolute atomic E-state index is 12.3. The van der Waals surface area contributed by atoms with Gasteiger partial charge in [0.25, 0.3) is 0 Å². The molecule has 0 amide bonds. The molecule has 106 valence electrons. The average Bonchev–Trinajstić information content (AvgIpc) is 2.36. The van der Waals surface area contributed by atoms with Gasteiger partial charge in [-0.25, -0.2) is 4.79 Å². The fourth-order valence-corrected chi connectivity index (χ4v) is 5.08. The normalized spacial score (nSPS) is 41.6. The van der Waals surface area contributed by atoms with Crippen molar-refractivity contribution < 1.29 is 14.6 Å². The van der Waals surface area contributed by atoms with Gasteiger partial charge in [0.1, 0.15) is 5.60 Å². The van der Waals surface area contributed by atoms with Gasteiger partial charge >= 0.3 is 5.97 Å². The number of carbonyl (C=O) groups excluding carboxylic acids is 1. The van der Waals surface area contributed by atoms with Crippen molar-refractivity contribution in [2.75, 3.05) is 0 Å². The van der Waals surface area contributed by atoms with Crippen molar-refractivity contribution in [1.82, 2.24) is 0 Å². The second-order valence-corrected chi connectivity index (χ2v) is 7.12. The van der Waals surface area contributed by atoms with E-state index in [4.69, 9.17) is 4.74 Å². The highest BCUT2D eigenvalue weighted by atomic mass is 16.6. The van der Waals surface area contributed by atoms with Gasteiger partial charge in [0, 0.05) is 6.42 Å². The van der Waals surface area contributed by atoms with Crippen molar-refractivity contribution in [1.29, 1.82) is 0 Å². The van der Waals surface area contributed by atoms with Crippen LogP contribution in [0.3, 0.4) is 0 Å². The molecule has 4 aliphatic carbocycles. The molecule has 4 saturated carbocycles. The molecule has 4 bridgehead atoms. The van der Waals surface area contributed by atoms with Crippen molar-refractivity contribution in [2.45, 2.75) is 49.7 Å². The number of aliphatic hydroxyl groups is 1. The molecule has 20 heavy (non-hydrogen) atoms. The number of rotatable bonds is 2. The molecule has 0 spiro atoms. The molecule has 1 aromatic rings. The zero-order chi connectivity index (χ0) is 13.8. The molecule has 3 heteroatoms. The molecule has 4 fully saturated rings. The minimum Gasteiger partial charge on any atom is -0.455 e. The third kappa shape index (κ3) is 1.96. The van der Waals surface area contributed by atoms with Crippen molar-refractivity contribution in [3.8, 4) is 0 Å². The van der Waals surface area contributed by atoms with Crippen molar-refractivity contribution in [3.63, 3.8) is 0 Å². The first-order valence-electron chi connectivity index (χ1n) is 7.57. The van der Waals surface area contributed by atoms with Gasteiger partial charge in [-0.2, -0.15) is 0 Å². The molecule has 0 saturated heterocycles. The van der Waals surface area contributed by atoms with Crippen LogP contribution in [-0.4, -0.2) is 22.3 Å². The van der Waals surface area contributed by atoms with E-state index in [1.807, 2.05) is 18.2 Å². The lowest BCUT2D eigenvalue weighted by molar-refractivity contribution is -0.199. The first-order chi connectivity index (χ1) is 9.56. The topological polar surface area (TPSA) is 46.5 Å². The second-order valence-electron chi connectivity index (χ2n) is 7.12. The molecule has 1 N–H and O–H groups in total. The molecule has 3 nitrogen and oxygen atoms in total. The Kier molecular flexibility index (Phi) is 2.53. The summed E-state index contributed by atoms with van der Waals surface area (Å²) in [6, 6.07) is 9.17. The van der Waals surface area contributed by atoms with Crippen LogP contribution in [0, 0.1) is 11.8 Å². The molecule has 0 aliphatic heterocycles. The Morgan fingerprint density at radius 1 is 1.10 bits per heavy atom. The van der Waals surface area contributed by atoms with Crippen LogP contribution in [0.2, 0.25) is 0 Å². The van der Waals surface area contributed by atoms with E-state index >= 15 is 0 Å². The summed E-state index contributed by atoms with van der Waals surface area (Å²) in [6.45, 7) is 0. The monoisotopic (exact) mass is 272 g/mol. The van der Waals surface area contributed by atoms with Crippen LogP contribution < -0.4 is 0 Å². The Balaban J connectivity index is 1.58. The largest absolute Gasteiger partial charge is 0.455 e. The van der Waals surface area contributed by atoms with E-state index in [1.165, 1.54) is 6.42 Å². The van der Waals surface area contributed by atoms with Gasteiger partial charge in [-0.15, -0.1) is 0 Å². The van der Waals surface area contributed by atoms with Gasteiger partial charge in [-0.3, -0.25) is 0 Å². The lowest BCUT2D eigenvalue weighted by Gasteiger charge is -2.59. The number of hydrogen-bond acceptors (Lipinski definition) is 3. The molecule has 0 heterocycles. The van der Waals surface area contributed by atoms with E-state index in [0.717, 1.165) is 25.7 Å². The maximum Gasteiger partial charge on any atom is 0.338 e. The first kappa shape index (κ1) is 12.4. The van der Waals surface area contributed by atoms with Crippen LogP contribution in [0.25, 0.3) is 0 Å². The highest BCUT2D eigenvalue weighted by Gasteiger charge is 2.59. The van der Waals surface area contributed by atoms with Crippen molar-refractivity contribution in [2.24, 2.45) is 11.8 Å². The van der Waals surface area contributed by atoms with Crippen LogP contribution in [0.1, 0.15) is 48.9 Å². The van der Waals surface area contributed by atoms with Gasteiger partial charge in [-0.1, -0.05) is 18.2 Å². The SMILES string of the molecule is O=C(OC12CC3CC(CC(O)(C3)C1)C2)c1ccccc1. The summed E-state index contributed by atoms with van der Waals surface area (Å²) in [7, 11) is 0. The Bertz CT molecular complexity index is 522. The van der Waals surface area contributed by atoms with Gasteiger partial charge < -0.3 is 9.84 Å². The maximum atomic E-state index is 12.3. The van der Waals surface area contributed by atoms with E-state index in [9.17, 15) is 9.90 Å². The Morgan fingerprint density at radius 2 is 1.75 bits per heavy atom. The van der Waals surface area contributed by atoms with Crippen LogP contribution in [0.5, 0.6) is 0 Å². The van der Waals surface area contributed by atoms with E-state index in [2.05, 4.69) is 0 Å². The van der Waals surface area contributed by atoms with Crippen LogP contribution in [-0.2, 0) is 4.74 Å². The predicted molar refractivity (Wildman–Crippen MR) is 74.2 cm³/mol. The summed E-state index contributed by atoms with van der Waals surface area (Å²) >= 11 is 0. The van der Waals surface area contributed by atoms with Crippen LogP contribution >= 0.6 is 0 Å². The molecule has 5 rings (SSSR count). The van der Waals surface area contributed by atoms with Crippen molar-refractivity contribution in [3.05, 3.63) is 35.9 Å². The zero-order valence-corrected chi connectivity index (χ0v) is 11.5. The molecule has 0 radical (unpaired) electrons. The van der Waals surface area contributed by atoms with Gasteiger partial charge in [-0.05, 0) is 56.1 Å². The minimum absolute atomic E-state index is 0.240. The Hall–Kier alpha value is -1.35. The van der Waals surface area contributed by atoms with Crippen LogP contribution in [0.15, 0.2) is 30.3 Å². The molecule has 2 unspecified atom stereocenters. The van der Waals surface area contributed by atoms with E-state index in [-0.39, 0.29) is 5.97 Å². The van der Waals surface area contributed by atoms with E-state index < -0.39 is 11.2 Å². The molecule has 1 aromatic carbocycles. The number of carbonyl (C=O) groups is 1. The lowest BCUT2D eigenvalue weighted by Crippen LogP contribution is -2.60. The summed E-state index contributed by atoms with van der Waals surface area (Å²) in [5.41, 5.74) is -0.387. The third-order valence-electron chi connectivity index (χ3n) is 5.30. The number of hydrogen-bond donors (Lipinski definition) is 1. The Labute approximate surface area is 118 Å². The quantitative estimate of drug-likeness (QED) is 0.842. The van der Waals surface area contributed by atoms with Crippen LogP contribution in [0.4, 0.5) is 0 Å². The smallest absolute Gasteiger partial charge is 0.338 e. The van der Waals surface area contributed by atoms with Gasteiger partial charge in [0.05, 0.1) is 11.2 Å². The highest BCUT2D eigenvalue weighted by molar-refractivity contribution is 5.89. The highest BCUT2D eigenvalue weighted by Crippen LogP contribution is 2.58. The standard InChI is InChI=1S/C17H20O3/c18-15(14-4-2-1-3-5-14)20-17-9-12-6-13(10-17)8-16(19,7-12)11-17/h1-5,12-13,19H,6-11H2. The summed E-state index contributed by atoms with van der Waals surface area (Å²) < 4.78 is 5.90.